The molecule has 0 aromatic heterocycles. The lowest BCUT2D eigenvalue weighted by molar-refractivity contribution is -0.146. The van der Waals surface area contributed by atoms with Gasteiger partial charge in [0.1, 0.15) is 0 Å². The number of rotatable bonds is 2. The number of hydrogen-bond acceptors (Lipinski definition) is 2. The Morgan fingerprint density at radius 2 is 2.15 bits per heavy atom. The molecule has 0 heterocycles. The van der Waals surface area contributed by atoms with Crippen LogP contribution in [0.5, 0.6) is 0 Å². The van der Waals surface area contributed by atoms with Crippen molar-refractivity contribution in [2.75, 3.05) is 0 Å². The summed E-state index contributed by atoms with van der Waals surface area (Å²) in [5.41, 5.74) is 1.30. The van der Waals surface area contributed by atoms with Crippen LogP contribution >= 0.6 is 15.9 Å². The lowest BCUT2D eigenvalue weighted by Crippen LogP contribution is -2.10. The number of carbonyl (C=O) groups is 1. The molecular formula is C9H9BrO3. The molecule has 0 aliphatic rings. The highest BCUT2D eigenvalue weighted by Crippen LogP contribution is 2.21. The Hall–Kier alpha value is -0.870. The van der Waals surface area contributed by atoms with Crippen molar-refractivity contribution in [1.29, 1.82) is 0 Å². The fraction of sp³-hybridized carbons (Fsp3) is 0.222. The molecule has 1 aromatic rings. The molecule has 0 amide bonds. The van der Waals surface area contributed by atoms with Crippen LogP contribution in [0.25, 0.3) is 0 Å². The van der Waals surface area contributed by atoms with E-state index >= 15 is 0 Å². The van der Waals surface area contributed by atoms with Gasteiger partial charge in [0.05, 0.1) is 0 Å². The number of carboxylic acid groups (broad SMARTS) is 1. The van der Waals surface area contributed by atoms with Gasteiger partial charge >= 0.3 is 5.97 Å². The lowest BCUT2D eigenvalue weighted by Gasteiger charge is -2.07. The Kier molecular flexibility index (Phi) is 3.06. The maximum atomic E-state index is 10.4. The first-order valence-corrected chi connectivity index (χ1v) is 4.48. The van der Waals surface area contributed by atoms with E-state index in [2.05, 4.69) is 15.9 Å². The van der Waals surface area contributed by atoms with Gasteiger partial charge in [0.15, 0.2) is 6.10 Å². The van der Waals surface area contributed by atoms with Gasteiger partial charge in [0.2, 0.25) is 0 Å². The maximum Gasteiger partial charge on any atom is 0.337 e. The van der Waals surface area contributed by atoms with E-state index in [0.29, 0.717) is 5.56 Å². The van der Waals surface area contributed by atoms with Crippen molar-refractivity contribution >= 4 is 21.9 Å². The van der Waals surface area contributed by atoms with E-state index in [9.17, 15) is 9.90 Å². The quantitative estimate of drug-likeness (QED) is 0.836. The highest BCUT2D eigenvalue weighted by atomic mass is 79.9. The monoisotopic (exact) mass is 244 g/mol. The zero-order chi connectivity index (χ0) is 10.0. The summed E-state index contributed by atoms with van der Waals surface area (Å²) in [5, 5.41) is 17.7. The molecule has 1 aromatic carbocycles. The Balaban J connectivity index is 3.03. The number of aliphatic hydroxyl groups is 1. The molecule has 0 radical (unpaired) electrons. The molecule has 0 saturated heterocycles. The summed E-state index contributed by atoms with van der Waals surface area (Å²) < 4.78 is 0.897. The van der Waals surface area contributed by atoms with Crippen molar-refractivity contribution in [2.24, 2.45) is 0 Å². The van der Waals surface area contributed by atoms with Gasteiger partial charge < -0.3 is 10.2 Å². The topological polar surface area (TPSA) is 57.5 Å². The molecule has 0 unspecified atom stereocenters. The molecule has 70 valence electrons. The van der Waals surface area contributed by atoms with Crippen molar-refractivity contribution in [3.05, 3.63) is 33.8 Å². The third-order valence-electron chi connectivity index (χ3n) is 1.73. The molecule has 13 heavy (non-hydrogen) atoms. The highest BCUT2D eigenvalue weighted by Gasteiger charge is 2.15. The molecule has 3 nitrogen and oxygen atoms in total. The first kappa shape index (κ1) is 10.2. The second kappa shape index (κ2) is 3.89. The SMILES string of the molecule is Cc1cc([C@@H](O)C(=O)O)ccc1Br. The van der Waals surface area contributed by atoms with Crippen molar-refractivity contribution in [3.8, 4) is 0 Å². The molecule has 0 spiro atoms. The Labute approximate surface area is 84.1 Å². The minimum absolute atomic E-state index is 0.396. The molecule has 2 N–H and O–H groups in total. The standard InChI is InChI=1S/C9H9BrO3/c1-5-4-6(2-3-7(5)10)8(11)9(12)13/h2-4,8,11H,1H3,(H,12,13)/t8-/m1/s1. The summed E-state index contributed by atoms with van der Waals surface area (Å²) in [6.45, 7) is 1.84. The fourth-order valence-corrected chi connectivity index (χ4v) is 1.23. The van der Waals surface area contributed by atoms with Crippen LogP contribution in [0.4, 0.5) is 0 Å². The summed E-state index contributed by atoms with van der Waals surface area (Å²) in [5.74, 6) is -1.23. The number of halogens is 1. The minimum atomic E-state index is -1.44. The largest absolute Gasteiger partial charge is 0.479 e. The third kappa shape index (κ3) is 2.29. The zero-order valence-electron chi connectivity index (χ0n) is 6.99. The van der Waals surface area contributed by atoms with Gasteiger partial charge in [0, 0.05) is 4.47 Å². The molecule has 0 aliphatic carbocycles. The van der Waals surface area contributed by atoms with Crippen LogP contribution in [0.15, 0.2) is 22.7 Å². The van der Waals surface area contributed by atoms with Crippen molar-refractivity contribution < 1.29 is 15.0 Å². The molecule has 1 rings (SSSR count). The second-order valence-corrected chi connectivity index (χ2v) is 3.60. The molecule has 1 atom stereocenters. The van der Waals surface area contributed by atoms with Gasteiger partial charge in [-0.3, -0.25) is 0 Å². The van der Waals surface area contributed by atoms with Crippen LogP contribution < -0.4 is 0 Å². The van der Waals surface area contributed by atoms with Gasteiger partial charge in [-0.25, -0.2) is 4.79 Å². The smallest absolute Gasteiger partial charge is 0.337 e. The zero-order valence-corrected chi connectivity index (χ0v) is 8.58. The highest BCUT2D eigenvalue weighted by molar-refractivity contribution is 9.10. The molecule has 4 heteroatoms. The van der Waals surface area contributed by atoms with Crippen LogP contribution in [-0.4, -0.2) is 16.2 Å². The summed E-state index contributed by atoms with van der Waals surface area (Å²) in [7, 11) is 0. The van der Waals surface area contributed by atoms with Gasteiger partial charge in [-0.05, 0) is 24.1 Å². The van der Waals surface area contributed by atoms with E-state index in [1.54, 1.807) is 18.2 Å². The summed E-state index contributed by atoms with van der Waals surface area (Å²) >= 11 is 3.29. The summed E-state index contributed by atoms with van der Waals surface area (Å²) in [6.07, 6.45) is -1.44. The Morgan fingerprint density at radius 3 is 2.62 bits per heavy atom. The number of carboxylic acids is 1. The maximum absolute atomic E-state index is 10.4. The van der Waals surface area contributed by atoms with Crippen molar-refractivity contribution in [3.63, 3.8) is 0 Å². The van der Waals surface area contributed by atoms with E-state index in [0.717, 1.165) is 10.0 Å². The number of aliphatic hydroxyl groups excluding tert-OH is 1. The normalized spacial score (nSPS) is 12.5. The Morgan fingerprint density at radius 1 is 1.54 bits per heavy atom. The van der Waals surface area contributed by atoms with E-state index in [4.69, 9.17) is 5.11 Å². The van der Waals surface area contributed by atoms with Crippen LogP contribution in [0, 0.1) is 6.92 Å². The van der Waals surface area contributed by atoms with Crippen molar-refractivity contribution in [1.82, 2.24) is 0 Å². The lowest BCUT2D eigenvalue weighted by atomic mass is 10.1. The van der Waals surface area contributed by atoms with Crippen LogP contribution in [0.2, 0.25) is 0 Å². The summed E-state index contributed by atoms with van der Waals surface area (Å²) in [4.78, 5) is 10.4. The van der Waals surface area contributed by atoms with Crippen LogP contribution in [-0.2, 0) is 4.79 Å². The number of hydrogen-bond donors (Lipinski definition) is 2. The molecule has 0 saturated carbocycles. The first-order chi connectivity index (χ1) is 6.02. The average molecular weight is 245 g/mol. The van der Waals surface area contributed by atoms with E-state index in [1.165, 1.54) is 0 Å². The first-order valence-electron chi connectivity index (χ1n) is 3.69. The molecule has 0 bridgehead atoms. The number of aliphatic carboxylic acids is 1. The molecular weight excluding hydrogens is 236 g/mol. The van der Waals surface area contributed by atoms with Crippen LogP contribution in [0.3, 0.4) is 0 Å². The van der Waals surface area contributed by atoms with Gasteiger partial charge in [-0.1, -0.05) is 28.1 Å². The molecule has 0 fully saturated rings. The average Bonchev–Trinajstić information content (AvgIpc) is 2.08. The third-order valence-corrected chi connectivity index (χ3v) is 2.62. The van der Waals surface area contributed by atoms with Gasteiger partial charge in [0.25, 0.3) is 0 Å². The Bertz CT molecular complexity index is 336. The van der Waals surface area contributed by atoms with Gasteiger partial charge in [-0.2, -0.15) is 0 Å². The minimum Gasteiger partial charge on any atom is -0.479 e. The van der Waals surface area contributed by atoms with E-state index < -0.39 is 12.1 Å². The molecule has 0 aliphatic heterocycles. The predicted molar refractivity (Wildman–Crippen MR) is 51.5 cm³/mol. The summed E-state index contributed by atoms with van der Waals surface area (Å²) in [6, 6.07) is 4.94. The van der Waals surface area contributed by atoms with E-state index in [1.807, 2.05) is 6.92 Å². The number of aryl methyl sites for hydroxylation is 1. The predicted octanol–water partition coefficient (Wildman–Crippen LogP) is 1.88. The van der Waals surface area contributed by atoms with Crippen molar-refractivity contribution in [2.45, 2.75) is 13.0 Å². The number of benzene rings is 1. The fourth-order valence-electron chi connectivity index (χ4n) is 0.981. The second-order valence-electron chi connectivity index (χ2n) is 2.75. The van der Waals surface area contributed by atoms with Gasteiger partial charge in [-0.15, -0.1) is 0 Å². The van der Waals surface area contributed by atoms with Crippen LogP contribution in [0.1, 0.15) is 17.2 Å². The van der Waals surface area contributed by atoms with E-state index in [-0.39, 0.29) is 0 Å².